The number of hydrogen-bond acceptors (Lipinski definition) is 3. The number of aromatic hydroxyl groups is 1. The number of phenolic OH excluding ortho intramolecular Hbond substituents is 1. The van der Waals surface area contributed by atoms with Crippen LogP contribution >= 0.6 is 0 Å². The van der Waals surface area contributed by atoms with Gasteiger partial charge in [0.2, 0.25) is 0 Å². The quantitative estimate of drug-likeness (QED) is 0.911. The van der Waals surface area contributed by atoms with Gasteiger partial charge in [0.25, 0.3) is 5.91 Å². The second kappa shape index (κ2) is 5.74. The van der Waals surface area contributed by atoms with Crippen molar-refractivity contribution < 1.29 is 14.6 Å². The Morgan fingerprint density at radius 1 is 1.24 bits per heavy atom. The molecule has 0 aromatic heterocycles. The van der Waals surface area contributed by atoms with E-state index in [1.54, 1.807) is 19.2 Å². The lowest BCUT2D eigenvalue weighted by atomic mass is 10.0. The molecular formula is C17H19NO3. The van der Waals surface area contributed by atoms with E-state index in [9.17, 15) is 9.90 Å². The van der Waals surface area contributed by atoms with Gasteiger partial charge in [-0.15, -0.1) is 0 Å². The van der Waals surface area contributed by atoms with Gasteiger partial charge in [0.05, 0.1) is 11.7 Å². The van der Waals surface area contributed by atoms with Crippen LogP contribution in [-0.2, 0) is 4.74 Å². The highest BCUT2D eigenvalue weighted by Crippen LogP contribution is 2.26. The summed E-state index contributed by atoms with van der Waals surface area (Å²) < 4.78 is 5.31. The molecule has 110 valence electrons. The number of fused-ring (bicyclic) bond motifs is 1. The van der Waals surface area contributed by atoms with E-state index >= 15 is 0 Å². The van der Waals surface area contributed by atoms with Gasteiger partial charge >= 0.3 is 0 Å². The van der Waals surface area contributed by atoms with Gasteiger partial charge in [-0.1, -0.05) is 24.3 Å². The molecule has 0 aliphatic heterocycles. The summed E-state index contributed by atoms with van der Waals surface area (Å²) in [6.45, 7) is 0. The van der Waals surface area contributed by atoms with Crippen LogP contribution in [0.2, 0.25) is 0 Å². The normalized spacial score (nSPS) is 21.6. The van der Waals surface area contributed by atoms with Crippen LogP contribution in [0.1, 0.15) is 29.6 Å². The van der Waals surface area contributed by atoms with E-state index in [-0.39, 0.29) is 23.8 Å². The highest BCUT2D eigenvalue weighted by atomic mass is 16.5. The fourth-order valence-corrected chi connectivity index (χ4v) is 2.96. The topological polar surface area (TPSA) is 58.6 Å². The van der Waals surface area contributed by atoms with Gasteiger partial charge in [0.15, 0.2) is 0 Å². The molecule has 4 heteroatoms. The number of phenols is 1. The van der Waals surface area contributed by atoms with Gasteiger partial charge in [-0.3, -0.25) is 4.79 Å². The summed E-state index contributed by atoms with van der Waals surface area (Å²) in [4.78, 5) is 12.3. The van der Waals surface area contributed by atoms with Gasteiger partial charge in [0, 0.05) is 13.2 Å². The Labute approximate surface area is 123 Å². The minimum Gasteiger partial charge on any atom is -0.507 e. The van der Waals surface area contributed by atoms with E-state index in [4.69, 9.17) is 4.74 Å². The zero-order valence-electron chi connectivity index (χ0n) is 12.0. The Bertz CT molecular complexity index is 668. The summed E-state index contributed by atoms with van der Waals surface area (Å²) in [6, 6.07) is 11.2. The summed E-state index contributed by atoms with van der Waals surface area (Å²) >= 11 is 0. The lowest BCUT2D eigenvalue weighted by Crippen LogP contribution is -2.33. The summed E-state index contributed by atoms with van der Waals surface area (Å²) in [5.74, 6) is -0.201. The number of rotatable bonds is 3. The van der Waals surface area contributed by atoms with Gasteiger partial charge < -0.3 is 15.2 Å². The van der Waals surface area contributed by atoms with Gasteiger partial charge in [0.1, 0.15) is 5.75 Å². The molecule has 0 radical (unpaired) electrons. The average molecular weight is 285 g/mol. The summed E-state index contributed by atoms with van der Waals surface area (Å²) in [6.07, 6.45) is 2.93. The molecule has 1 aliphatic carbocycles. The Morgan fingerprint density at radius 3 is 2.62 bits per heavy atom. The Kier molecular flexibility index (Phi) is 3.80. The molecule has 4 nitrogen and oxygen atoms in total. The first-order valence-corrected chi connectivity index (χ1v) is 7.23. The largest absolute Gasteiger partial charge is 0.507 e. The lowest BCUT2D eigenvalue weighted by molar-refractivity contribution is 0.0913. The lowest BCUT2D eigenvalue weighted by Gasteiger charge is -2.14. The van der Waals surface area contributed by atoms with Crippen molar-refractivity contribution in [3.05, 3.63) is 42.0 Å². The smallest absolute Gasteiger partial charge is 0.255 e. The fraction of sp³-hybridized carbons (Fsp3) is 0.353. The van der Waals surface area contributed by atoms with E-state index in [1.807, 2.05) is 24.3 Å². The predicted molar refractivity (Wildman–Crippen MR) is 81.5 cm³/mol. The van der Waals surface area contributed by atoms with E-state index in [0.717, 1.165) is 30.0 Å². The molecule has 2 atom stereocenters. The zero-order chi connectivity index (χ0) is 14.8. The van der Waals surface area contributed by atoms with Crippen LogP contribution < -0.4 is 5.32 Å². The van der Waals surface area contributed by atoms with E-state index in [0.29, 0.717) is 5.56 Å². The third-order valence-electron chi connectivity index (χ3n) is 4.16. The molecule has 1 fully saturated rings. The van der Waals surface area contributed by atoms with Crippen LogP contribution in [0.5, 0.6) is 5.75 Å². The molecule has 0 spiro atoms. The Balaban J connectivity index is 1.80. The first-order chi connectivity index (χ1) is 10.2. The monoisotopic (exact) mass is 285 g/mol. The van der Waals surface area contributed by atoms with Crippen LogP contribution in [0, 0.1) is 0 Å². The highest BCUT2D eigenvalue weighted by molar-refractivity contribution is 6.01. The van der Waals surface area contributed by atoms with E-state index in [1.165, 1.54) is 0 Å². The van der Waals surface area contributed by atoms with Crippen molar-refractivity contribution in [2.24, 2.45) is 0 Å². The average Bonchev–Trinajstić information content (AvgIpc) is 2.94. The number of nitrogens with one attached hydrogen (secondary N) is 1. The van der Waals surface area contributed by atoms with Crippen molar-refractivity contribution in [3.63, 3.8) is 0 Å². The number of methoxy groups -OCH3 is 1. The molecule has 3 rings (SSSR count). The van der Waals surface area contributed by atoms with Crippen LogP contribution in [0.25, 0.3) is 10.8 Å². The molecule has 0 bridgehead atoms. The van der Waals surface area contributed by atoms with Crippen molar-refractivity contribution in [1.82, 2.24) is 5.32 Å². The molecule has 2 aromatic carbocycles. The van der Waals surface area contributed by atoms with E-state index in [2.05, 4.69) is 5.32 Å². The first-order valence-electron chi connectivity index (χ1n) is 7.23. The van der Waals surface area contributed by atoms with E-state index < -0.39 is 0 Å². The van der Waals surface area contributed by atoms with Crippen molar-refractivity contribution in [2.45, 2.75) is 31.4 Å². The van der Waals surface area contributed by atoms with Crippen molar-refractivity contribution in [2.75, 3.05) is 7.11 Å². The number of ether oxygens (including phenoxy) is 1. The minimum absolute atomic E-state index is 0.0208. The zero-order valence-corrected chi connectivity index (χ0v) is 12.0. The molecule has 0 heterocycles. The molecule has 21 heavy (non-hydrogen) atoms. The molecule has 0 saturated heterocycles. The molecule has 1 aliphatic rings. The minimum atomic E-state index is -0.222. The third-order valence-corrected chi connectivity index (χ3v) is 4.16. The number of carbonyl (C=O) groups excluding carboxylic acids is 1. The first kappa shape index (κ1) is 13.9. The summed E-state index contributed by atoms with van der Waals surface area (Å²) in [7, 11) is 1.70. The molecule has 2 N–H and O–H groups in total. The number of hydrogen-bond donors (Lipinski definition) is 2. The molecule has 1 saturated carbocycles. The highest BCUT2D eigenvalue weighted by Gasteiger charge is 2.26. The maximum Gasteiger partial charge on any atom is 0.255 e. The van der Waals surface area contributed by atoms with Gasteiger partial charge in [-0.25, -0.2) is 0 Å². The number of amides is 1. The third kappa shape index (κ3) is 2.85. The Morgan fingerprint density at radius 2 is 1.95 bits per heavy atom. The fourth-order valence-electron chi connectivity index (χ4n) is 2.96. The van der Waals surface area contributed by atoms with Crippen molar-refractivity contribution in [1.29, 1.82) is 0 Å². The summed E-state index contributed by atoms with van der Waals surface area (Å²) in [5.41, 5.74) is 0.328. The van der Waals surface area contributed by atoms with Crippen LogP contribution in [0.15, 0.2) is 36.4 Å². The molecule has 2 aromatic rings. The predicted octanol–water partition coefficient (Wildman–Crippen LogP) is 2.84. The summed E-state index contributed by atoms with van der Waals surface area (Å²) in [5, 5.41) is 14.9. The molecular weight excluding hydrogens is 266 g/mol. The Hall–Kier alpha value is -2.07. The van der Waals surface area contributed by atoms with Crippen LogP contribution in [0.4, 0.5) is 0 Å². The molecule has 2 unspecified atom stereocenters. The maximum atomic E-state index is 12.3. The van der Waals surface area contributed by atoms with Crippen molar-refractivity contribution >= 4 is 16.7 Å². The van der Waals surface area contributed by atoms with Gasteiger partial charge in [-0.05, 0) is 42.2 Å². The number of carbonyl (C=O) groups is 1. The second-order valence-electron chi connectivity index (χ2n) is 5.56. The van der Waals surface area contributed by atoms with Crippen LogP contribution in [0.3, 0.4) is 0 Å². The van der Waals surface area contributed by atoms with Crippen LogP contribution in [-0.4, -0.2) is 30.3 Å². The van der Waals surface area contributed by atoms with Gasteiger partial charge in [-0.2, -0.15) is 0 Å². The number of benzene rings is 2. The second-order valence-corrected chi connectivity index (χ2v) is 5.56. The van der Waals surface area contributed by atoms with Crippen molar-refractivity contribution in [3.8, 4) is 5.75 Å². The SMILES string of the molecule is COC1CCC(NC(=O)c2cc3ccccc3cc2O)C1. The standard InChI is InChI=1S/C17H19NO3/c1-21-14-7-6-13(10-14)18-17(20)15-8-11-4-2-3-5-12(11)9-16(15)19/h2-5,8-9,13-14,19H,6-7,10H2,1H3,(H,18,20). The maximum absolute atomic E-state index is 12.3. The molecule has 1 amide bonds.